The number of nitrogens with one attached hydrogen (secondary N) is 1. The van der Waals surface area contributed by atoms with Gasteiger partial charge in [0.05, 0.1) is 9.77 Å². The molecule has 1 saturated carbocycles. The van der Waals surface area contributed by atoms with Gasteiger partial charge in [-0.25, -0.2) is 12.8 Å². The van der Waals surface area contributed by atoms with Crippen molar-refractivity contribution in [2.24, 2.45) is 0 Å². The van der Waals surface area contributed by atoms with Crippen LogP contribution in [0.25, 0.3) is 10.8 Å². The molecule has 0 bridgehead atoms. The standard InChI is InChI=1S/C19H19FN2O3S2/c20-13-8-10-15(11-9-13)27(23,24)19-18(21-14-5-2-1-3-6-14)25-17(22-19)16-7-4-12-26-16/h4,7-12,14,21H,1-3,5-6H2. The number of oxazole rings is 1. The van der Waals surface area contributed by atoms with Crippen molar-refractivity contribution in [2.75, 3.05) is 5.32 Å². The van der Waals surface area contributed by atoms with Crippen LogP contribution < -0.4 is 5.32 Å². The topological polar surface area (TPSA) is 72.2 Å². The second-order valence-electron chi connectivity index (χ2n) is 6.57. The molecule has 5 nitrogen and oxygen atoms in total. The Morgan fingerprint density at radius 1 is 1.11 bits per heavy atom. The minimum atomic E-state index is -3.94. The normalized spacial score (nSPS) is 15.7. The van der Waals surface area contributed by atoms with E-state index in [0.29, 0.717) is 0 Å². The maximum Gasteiger partial charge on any atom is 0.240 e. The second kappa shape index (κ2) is 7.44. The average molecular weight is 407 g/mol. The lowest BCUT2D eigenvalue weighted by Crippen LogP contribution is -2.23. The van der Waals surface area contributed by atoms with E-state index in [0.717, 1.165) is 42.7 Å². The molecule has 142 valence electrons. The zero-order chi connectivity index (χ0) is 18.9. The number of halogens is 1. The quantitative estimate of drug-likeness (QED) is 0.596. The maximum absolute atomic E-state index is 13.2. The lowest BCUT2D eigenvalue weighted by Gasteiger charge is -2.22. The summed E-state index contributed by atoms with van der Waals surface area (Å²) in [5.41, 5.74) is 0. The largest absolute Gasteiger partial charge is 0.418 e. The van der Waals surface area contributed by atoms with Gasteiger partial charge in [-0.3, -0.25) is 0 Å². The Labute approximate surface area is 161 Å². The number of hydrogen-bond donors (Lipinski definition) is 1. The van der Waals surface area contributed by atoms with E-state index in [1.807, 2.05) is 17.5 Å². The summed E-state index contributed by atoms with van der Waals surface area (Å²) in [7, 11) is -3.94. The van der Waals surface area contributed by atoms with Gasteiger partial charge in [0.25, 0.3) is 0 Å². The van der Waals surface area contributed by atoms with E-state index < -0.39 is 15.7 Å². The van der Waals surface area contributed by atoms with Crippen LogP contribution in [0.4, 0.5) is 10.3 Å². The van der Waals surface area contributed by atoms with Crippen molar-refractivity contribution in [2.45, 2.75) is 48.1 Å². The van der Waals surface area contributed by atoms with Gasteiger partial charge in [0.2, 0.25) is 26.6 Å². The summed E-state index contributed by atoms with van der Waals surface area (Å²) in [6.07, 6.45) is 5.32. The summed E-state index contributed by atoms with van der Waals surface area (Å²) < 4.78 is 45.3. The average Bonchev–Trinajstić information content (AvgIpc) is 3.33. The van der Waals surface area contributed by atoms with Crippen molar-refractivity contribution < 1.29 is 17.2 Å². The molecule has 0 radical (unpaired) electrons. The molecule has 1 aromatic carbocycles. The number of rotatable bonds is 5. The summed E-state index contributed by atoms with van der Waals surface area (Å²) in [5.74, 6) is -0.0625. The van der Waals surface area contributed by atoms with Crippen LogP contribution in [0.2, 0.25) is 0 Å². The van der Waals surface area contributed by atoms with Gasteiger partial charge in [-0.15, -0.1) is 11.3 Å². The van der Waals surface area contributed by atoms with Crippen LogP contribution in [0.15, 0.2) is 56.1 Å². The highest BCUT2D eigenvalue weighted by Gasteiger charge is 2.30. The van der Waals surface area contributed by atoms with E-state index in [2.05, 4.69) is 10.3 Å². The van der Waals surface area contributed by atoms with E-state index >= 15 is 0 Å². The van der Waals surface area contributed by atoms with Crippen LogP contribution in [0.1, 0.15) is 32.1 Å². The smallest absolute Gasteiger partial charge is 0.240 e. The van der Waals surface area contributed by atoms with Crippen LogP contribution in [0.5, 0.6) is 0 Å². The maximum atomic E-state index is 13.2. The summed E-state index contributed by atoms with van der Waals surface area (Å²) in [5, 5.41) is 4.97. The number of sulfone groups is 1. The van der Waals surface area contributed by atoms with Gasteiger partial charge in [-0.1, -0.05) is 25.3 Å². The van der Waals surface area contributed by atoms with Crippen LogP contribution in [0, 0.1) is 5.82 Å². The molecule has 0 unspecified atom stereocenters. The molecule has 0 aliphatic heterocycles. The van der Waals surface area contributed by atoms with Gasteiger partial charge in [0.1, 0.15) is 5.82 Å². The summed E-state index contributed by atoms with van der Waals surface area (Å²) in [4.78, 5) is 5.03. The van der Waals surface area contributed by atoms with Gasteiger partial charge in [0, 0.05) is 6.04 Å². The summed E-state index contributed by atoms with van der Waals surface area (Å²) >= 11 is 1.42. The SMILES string of the molecule is O=S(=O)(c1ccc(F)cc1)c1nc(-c2cccs2)oc1NC1CCCCC1. The molecule has 2 aromatic heterocycles. The lowest BCUT2D eigenvalue weighted by atomic mass is 9.96. The molecule has 0 saturated heterocycles. The van der Waals surface area contributed by atoms with Gasteiger partial charge >= 0.3 is 0 Å². The van der Waals surface area contributed by atoms with Crippen molar-refractivity contribution in [3.8, 4) is 10.8 Å². The number of aromatic nitrogens is 1. The Morgan fingerprint density at radius 2 is 1.85 bits per heavy atom. The minimum absolute atomic E-state index is 0.0124. The fraction of sp³-hybridized carbons (Fsp3) is 0.316. The first kappa shape index (κ1) is 18.2. The number of benzene rings is 1. The Bertz CT molecular complexity index is 1010. The summed E-state index contributed by atoms with van der Waals surface area (Å²) in [6, 6.07) is 8.58. The Morgan fingerprint density at radius 3 is 2.52 bits per heavy atom. The van der Waals surface area contributed by atoms with Crippen molar-refractivity contribution in [1.82, 2.24) is 4.98 Å². The van der Waals surface area contributed by atoms with Gasteiger partial charge in [-0.2, -0.15) is 4.98 Å². The van der Waals surface area contributed by atoms with Crippen molar-refractivity contribution in [3.05, 3.63) is 47.6 Å². The highest BCUT2D eigenvalue weighted by atomic mass is 32.2. The third kappa shape index (κ3) is 3.77. The highest BCUT2D eigenvalue weighted by molar-refractivity contribution is 7.91. The first-order chi connectivity index (χ1) is 13.0. The molecule has 0 amide bonds. The highest BCUT2D eigenvalue weighted by Crippen LogP contribution is 2.35. The monoisotopic (exact) mass is 406 g/mol. The van der Waals surface area contributed by atoms with E-state index in [1.165, 1.54) is 29.9 Å². The summed E-state index contributed by atoms with van der Waals surface area (Å²) in [6.45, 7) is 0. The number of anilines is 1. The van der Waals surface area contributed by atoms with Crippen LogP contribution in [-0.2, 0) is 9.84 Å². The van der Waals surface area contributed by atoms with E-state index in [1.54, 1.807) is 0 Å². The Balaban J connectivity index is 1.76. The second-order valence-corrected chi connectivity index (χ2v) is 9.38. The predicted octanol–water partition coefficient (Wildman–Crippen LogP) is 5.12. The molecule has 2 heterocycles. The number of nitrogens with zero attached hydrogens (tertiary/aromatic N) is 1. The lowest BCUT2D eigenvalue weighted by molar-refractivity contribution is 0.450. The van der Waals surface area contributed by atoms with Crippen molar-refractivity contribution in [1.29, 1.82) is 0 Å². The molecular weight excluding hydrogens is 387 g/mol. The molecule has 1 fully saturated rings. The number of hydrogen-bond acceptors (Lipinski definition) is 6. The molecule has 3 aromatic rings. The van der Waals surface area contributed by atoms with Crippen molar-refractivity contribution >= 4 is 27.1 Å². The molecule has 4 rings (SSSR count). The van der Waals surface area contributed by atoms with Crippen LogP contribution in [0.3, 0.4) is 0 Å². The molecule has 0 spiro atoms. The first-order valence-corrected chi connectivity index (χ1v) is 11.2. The molecule has 0 atom stereocenters. The van der Waals surface area contributed by atoms with Gasteiger partial charge in [-0.05, 0) is 48.6 Å². The Hall–Kier alpha value is -2.19. The fourth-order valence-electron chi connectivity index (χ4n) is 3.24. The first-order valence-electron chi connectivity index (χ1n) is 8.86. The molecule has 1 aliphatic rings. The molecule has 1 N–H and O–H groups in total. The third-order valence-corrected chi connectivity index (χ3v) is 7.18. The Kier molecular flexibility index (Phi) is 5.01. The van der Waals surface area contributed by atoms with Crippen LogP contribution in [-0.4, -0.2) is 19.4 Å². The fourth-order valence-corrected chi connectivity index (χ4v) is 5.16. The molecular formula is C19H19FN2O3S2. The van der Waals surface area contributed by atoms with E-state index in [9.17, 15) is 12.8 Å². The molecule has 27 heavy (non-hydrogen) atoms. The minimum Gasteiger partial charge on any atom is -0.418 e. The molecule has 1 aliphatic carbocycles. The predicted molar refractivity (Wildman–Crippen MR) is 102 cm³/mol. The third-order valence-electron chi connectivity index (χ3n) is 4.65. The van der Waals surface area contributed by atoms with Crippen LogP contribution >= 0.6 is 11.3 Å². The zero-order valence-electron chi connectivity index (χ0n) is 14.5. The van der Waals surface area contributed by atoms with Gasteiger partial charge in [0.15, 0.2) is 0 Å². The zero-order valence-corrected chi connectivity index (χ0v) is 16.2. The van der Waals surface area contributed by atoms with E-state index in [4.69, 9.17) is 4.42 Å². The van der Waals surface area contributed by atoms with Crippen molar-refractivity contribution in [3.63, 3.8) is 0 Å². The van der Waals surface area contributed by atoms with E-state index in [-0.39, 0.29) is 27.7 Å². The van der Waals surface area contributed by atoms with Gasteiger partial charge < -0.3 is 9.73 Å². The molecule has 8 heteroatoms. The number of thiophene rings is 1.